The highest BCUT2D eigenvalue weighted by atomic mass is 79.9. The Morgan fingerprint density at radius 2 is 1.51 bits per heavy atom. The van der Waals surface area contributed by atoms with Crippen LogP contribution in [-0.4, -0.2) is 54.4 Å². The summed E-state index contributed by atoms with van der Waals surface area (Å²) in [6.07, 6.45) is 7.38. The molecule has 2 aliphatic carbocycles. The van der Waals surface area contributed by atoms with Crippen molar-refractivity contribution >= 4 is 28.5 Å². The number of aliphatic hydroxyl groups is 1. The lowest BCUT2D eigenvalue weighted by Gasteiger charge is -2.38. The van der Waals surface area contributed by atoms with E-state index in [-0.39, 0.29) is 24.4 Å². The molecular formula is C36H56BBrO7. The molecule has 1 heterocycles. The lowest BCUT2D eigenvalue weighted by Crippen LogP contribution is -2.38. The monoisotopic (exact) mass is 690 g/mol. The van der Waals surface area contributed by atoms with Crippen LogP contribution in [0.15, 0.2) is 40.9 Å². The predicted octanol–water partition coefficient (Wildman–Crippen LogP) is 8.27. The number of halogens is 1. The van der Waals surface area contributed by atoms with Crippen molar-refractivity contribution in [1.29, 1.82) is 0 Å². The molecule has 2 aromatic carbocycles. The van der Waals surface area contributed by atoms with Crippen LogP contribution in [0.1, 0.15) is 105 Å². The van der Waals surface area contributed by atoms with Crippen molar-refractivity contribution in [2.75, 3.05) is 7.11 Å². The third-order valence-electron chi connectivity index (χ3n) is 8.31. The van der Waals surface area contributed by atoms with E-state index in [0.717, 1.165) is 40.7 Å². The summed E-state index contributed by atoms with van der Waals surface area (Å²) in [5, 5.41) is 9.76. The fourth-order valence-electron chi connectivity index (χ4n) is 5.23. The zero-order valence-electron chi connectivity index (χ0n) is 29.4. The maximum Gasteiger partial charge on any atom is 0.494 e. The van der Waals surface area contributed by atoms with Gasteiger partial charge in [0, 0.05) is 4.47 Å². The Bertz CT molecular complexity index is 1210. The third kappa shape index (κ3) is 12.5. The maximum absolute atomic E-state index is 9.76. The lowest BCUT2D eigenvalue weighted by atomic mass is 9.76. The van der Waals surface area contributed by atoms with Crippen LogP contribution in [0.4, 0.5) is 0 Å². The molecule has 1 unspecified atom stereocenters. The Labute approximate surface area is 280 Å². The van der Waals surface area contributed by atoms with E-state index >= 15 is 0 Å². The summed E-state index contributed by atoms with van der Waals surface area (Å²) in [7, 11) is 1.22. The second-order valence-electron chi connectivity index (χ2n) is 14.9. The van der Waals surface area contributed by atoms with Gasteiger partial charge in [0.2, 0.25) is 0 Å². The molecule has 1 aliphatic heterocycles. The van der Waals surface area contributed by atoms with E-state index in [4.69, 9.17) is 23.7 Å². The van der Waals surface area contributed by atoms with Gasteiger partial charge in [-0.1, -0.05) is 34.1 Å². The van der Waals surface area contributed by atoms with Gasteiger partial charge in [-0.05, 0) is 148 Å². The first kappa shape index (κ1) is 37.8. The van der Waals surface area contributed by atoms with Gasteiger partial charge < -0.3 is 23.9 Å². The van der Waals surface area contributed by atoms with Crippen LogP contribution in [0.3, 0.4) is 0 Å². The fourth-order valence-corrected chi connectivity index (χ4v) is 5.57. The van der Waals surface area contributed by atoms with Crippen LogP contribution in [0.25, 0.3) is 0 Å². The minimum absolute atomic E-state index is 0.0878. The van der Waals surface area contributed by atoms with Crippen molar-refractivity contribution in [1.82, 2.24) is 0 Å². The van der Waals surface area contributed by atoms with Crippen LogP contribution in [0.2, 0.25) is 0 Å². The molecule has 0 spiro atoms. The van der Waals surface area contributed by atoms with Gasteiger partial charge in [-0.2, -0.15) is 0 Å². The number of hydrogen-bond donors (Lipinski definition) is 1. The minimum atomic E-state index is -0.554. The zero-order valence-corrected chi connectivity index (χ0v) is 31.0. The van der Waals surface area contributed by atoms with Crippen LogP contribution < -0.4 is 14.9 Å². The highest BCUT2D eigenvalue weighted by Crippen LogP contribution is 2.38. The number of hydrogen-bond acceptors (Lipinski definition) is 7. The molecule has 2 saturated carbocycles. The summed E-state index contributed by atoms with van der Waals surface area (Å²) in [5.74, 6) is 2.54. The highest BCUT2D eigenvalue weighted by molar-refractivity contribution is 9.10. The van der Waals surface area contributed by atoms with Crippen LogP contribution in [0.5, 0.6) is 11.5 Å². The molecule has 252 valence electrons. The second-order valence-corrected chi connectivity index (χ2v) is 15.8. The zero-order chi connectivity index (χ0) is 33.6. The SMILES string of the molecule is COOC(C)(C)C.Cc1ccc(B2OC(C)C(C)(C)O2)cc1OC1CCC1.Cc1ccc(Br)cc1OC1CC(CC(C)(C)O)C1. The molecule has 0 amide bonds. The first-order valence-corrected chi connectivity index (χ1v) is 17.1. The van der Waals surface area contributed by atoms with Crippen molar-refractivity contribution in [3.05, 3.63) is 52.0 Å². The number of rotatable bonds is 8. The quantitative estimate of drug-likeness (QED) is 0.170. The fraction of sp³-hybridized carbons (Fsp3) is 0.667. The second kappa shape index (κ2) is 16.0. The van der Waals surface area contributed by atoms with Gasteiger partial charge in [0.25, 0.3) is 0 Å². The van der Waals surface area contributed by atoms with E-state index in [0.29, 0.717) is 18.1 Å². The first-order valence-electron chi connectivity index (χ1n) is 16.3. The van der Waals surface area contributed by atoms with Gasteiger partial charge in [0.1, 0.15) is 11.5 Å². The number of aryl methyl sites for hydroxylation is 2. The van der Waals surface area contributed by atoms with Gasteiger partial charge in [0.15, 0.2) is 0 Å². The van der Waals surface area contributed by atoms with E-state index in [9.17, 15) is 5.11 Å². The summed E-state index contributed by atoms with van der Waals surface area (Å²) in [6.45, 7) is 19.9. The summed E-state index contributed by atoms with van der Waals surface area (Å²) in [6, 6.07) is 12.4. The molecule has 45 heavy (non-hydrogen) atoms. The topological polar surface area (TPSA) is 75.6 Å². The molecule has 1 atom stereocenters. The smallest absolute Gasteiger partial charge is 0.490 e. The molecule has 3 aliphatic rings. The lowest BCUT2D eigenvalue weighted by molar-refractivity contribution is -0.330. The largest absolute Gasteiger partial charge is 0.494 e. The molecular weight excluding hydrogens is 635 g/mol. The van der Waals surface area contributed by atoms with E-state index in [2.05, 4.69) is 79.7 Å². The Morgan fingerprint density at radius 1 is 0.933 bits per heavy atom. The van der Waals surface area contributed by atoms with Crippen molar-refractivity contribution in [2.45, 2.75) is 143 Å². The average molecular weight is 692 g/mol. The van der Waals surface area contributed by atoms with Gasteiger partial charge in [-0.3, -0.25) is 0 Å². The van der Waals surface area contributed by atoms with E-state index in [1.807, 2.05) is 46.8 Å². The Morgan fingerprint density at radius 3 is 1.98 bits per heavy atom. The third-order valence-corrected chi connectivity index (χ3v) is 8.80. The predicted molar refractivity (Wildman–Crippen MR) is 185 cm³/mol. The Hall–Kier alpha value is -1.62. The highest BCUT2D eigenvalue weighted by Gasteiger charge is 2.44. The summed E-state index contributed by atoms with van der Waals surface area (Å²) >= 11 is 3.46. The molecule has 0 radical (unpaired) electrons. The molecule has 9 heteroatoms. The van der Waals surface area contributed by atoms with E-state index in [1.54, 1.807) is 0 Å². The summed E-state index contributed by atoms with van der Waals surface area (Å²) in [5.41, 5.74) is 2.41. The normalized spacial score (nSPS) is 22.7. The van der Waals surface area contributed by atoms with Crippen molar-refractivity contribution in [3.63, 3.8) is 0 Å². The van der Waals surface area contributed by atoms with Crippen molar-refractivity contribution in [3.8, 4) is 11.5 Å². The van der Waals surface area contributed by atoms with Crippen molar-refractivity contribution in [2.24, 2.45) is 5.92 Å². The van der Waals surface area contributed by atoms with Crippen molar-refractivity contribution < 1.29 is 33.7 Å². The van der Waals surface area contributed by atoms with Gasteiger partial charge in [-0.15, -0.1) is 0 Å². The number of benzene rings is 2. The van der Waals surface area contributed by atoms with E-state index < -0.39 is 5.60 Å². The summed E-state index contributed by atoms with van der Waals surface area (Å²) in [4.78, 5) is 9.14. The molecule has 5 rings (SSSR count). The van der Waals surface area contributed by atoms with Gasteiger partial charge >= 0.3 is 7.12 Å². The summed E-state index contributed by atoms with van der Waals surface area (Å²) < 4.78 is 25.0. The minimum Gasteiger partial charge on any atom is -0.490 e. The molecule has 7 nitrogen and oxygen atoms in total. The van der Waals surface area contributed by atoms with Crippen LogP contribution >= 0.6 is 15.9 Å². The standard InChI is InChI=1S/C16H23BO3.C15H21BrO2.C5H12O2/c1-11-8-9-13(10-15(11)18-14-6-5-7-14)17-19-12(2)16(3,4)20-17;1-10-4-5-12(16)8-14(10)18-13-6-11(7-13)9-15(2,3)17;1-5(2,3)7-6-4/h8-10,12,14H,5-7H2,1-4H3;4-5,8,11,13,17H,6-7,9H2,1-3H3;1-4H3. The molecule has 0 bridgehead atoms. The molecule has 2 aromatic rings. The Kier molecular flexibility index (Phi) is 13.4. The molecule has 0 aromatic heterocycles. The molecule has 3 fully saturated rings. The van der Waals surface area contributed by atoms with Gasteiger partial charge in [0.05, 0.1) is 42.2 Å². The Balaban J connectivity index is 0.000000205. The van der Waals surface area contributed by atoms with Gasteiger partial charge in [-0.25, -0.2) is 9.78 Å². The maximum atomic E-state index is 9.76. The molecule has 1 N–H and O–H groups in total. The van der Waals surface area contributed by atoms with Crippen LogP contribution in [-0.2, 0) is 19.1 Å². The van der Waals surface area contributed by atoms with Crippen LogP contribution in [0, 0.1) is 19.8 Å². The van der Waals surface area contributed by atoms with E-state index in [1.165, 1.54) is 37.5 Å². The molecule has 1 saturated heterocycles. The first-order chi connectivity index (χ1) is 20.8. The number of ether oxygens (including phenoxy) is 2. The average Bonchev–Trinajstić information content (AvgIpc) is 3.14.